The molecule has 0 aromatic heterocycles. The molecule has 1 fully saturated rings. The number of halogens is 1. The monoisotopic (exact) mass is 502 g/mol. The number of hydrogen-bond acceptors (Lipinski definition) is 4. The molecule has 7 nitrogen and oxygen atoms in total. The number of aliphatic carboxylic acids is 1. The van der Waals surface area contributed by atoms with E-state index in [1.165, 1.54) is 11.0 Å². The molecule has 4 rings (SSSR count). The number of ether oxygens (including phenoxy) is 1. The van der Waals surface area contributed by atoms with E-state index in [9.17, 15) is 23.9 Å². The lowest BCUT2D eigenvalue weighted by Gasteiger charge is -2.41. The second-order valence-corrected chi connectivity index (χ2v) is 14.0. The van der Waals surface area contributed by atoms with Crippen molar-refractivity contribution < 1.29 is 28.6 Å². The fourth-order valence-electron chi connectivity index (χ4n) is 4.79. The zero-order chi connectivity index (χ0) is 25.5. The highest BCUT2D eigenvalue weighted by Crippen LogP contribution is 2.47. The number of carbonyl (C=O) groups excluding carboxylic acids is 2. The molecule has 2 amide bonds. The second-order valence-electron chi connectivity index (χ2n) is 9.92. The lowest BCUT2D eigenvalue weighted by molar-refractivity contribution is -0.154. The quantitative estimate of drug-likeness (QED) is 0.621. The average molecular weight is 503 g/mol. The third-order valence-corrected chi connectivity index (χ3v) is 8.46. The number of benzene rings is 2. The number of carbonyl (C=O) groups is 3. The number of amides is 2. The Labute approximate surface area is 206 Å². The van der Waals surface area contributed by atoms with Crippen LogP contribution in [0.2, 0.25) is 0 Å². The minimum atomic E-state index is -1.28. The van der Waals surface area contributed by atoms with Crippen molar-refractivity contribution >= 4 is 33.5 Å². The van der Waals surface area contributed by atoms with Crippen molar-refractivity contribution in [2.45, 2.75) is 30.2 Å². The highest BCUT2D eigenvalue weighted by Gasteiger charge is 2.44. The van der Waals surface area contributed by atoms with Gasteiger partial charge in [-0.05, 0) is 79.5 Å². The summed E-state index contributed by atoms with van der Waals surface area (Å²) >= 11 is 0. The number of nitrogens with zero attached hydrogens (tertiary/aromatic N) is 1. The minimum absolute atomic E-state index is 0.220. The Morgan fingerprint density at radius 1 is 1.09 bits per heavy atom. The maximum absolute atomic E-state index is 14.8. The maximum Gasteiger partial charge on any atom is 0.306 e. The summed E-state index contributed by atoms with van der Waals surface area (Å²) < 4.78 is 20.1. The van der Waals surface area contributed by atoms with E-state index in [1.807, 2.05) is 24.8 Å². The first-order valence-electron chi connectivity index (χ1n) is 11.5. The van der Waals surface area contributed by atoms with E-state index in [0.717, 1.165) is 5.56 Å². The molecule has 1 saturated carbocycles. The van der Waals surface area contributed by atoms with Crippen molar-refractivity contribution in [3.05, 3.63) is 53.3 Å². The van der Waals surface area contributed by atoms with Gasteiger partial charge in [-0.1, -0.05) is 6.07 Å². The van der Waals surface area contributed by atoms with Crippen molar-refractivity contribution in [2.75, 3.05) is 37.7 Å². The van der Waals surface area contributed by atoms with Crippen LogP contribution in [0.4, 0.5) is 10.1 Å². The van der Waals surface area contributed by atoms with Crippen molar-refractivity contribution in [1.82, 2.24) is 4.90 Å². The fraction of sp³-hybridized carbons (Fsp3) is 0.423. The fourth-order valence-corrected chi connectivity index (χ4v) is 5.91. The number of carboxylic acid groups (broad SMARTS) is 1. The molecule has 1 aliphatic heterocycles. The van der Waals surface area contributed by atoms with Crippen LogP contribution in [0.5, 0.6) is 5.75 Å². The zero-order valence-electron chi connectivity index (χ0n) is 20.3. The van der Waals surface area contributed by atoms with Gasteiger partial charge in [0.05, 0.1) is 13.0 Å². The Kier molecular flexibility index (Phi) is 6.81. The summed E-state index contributed by atoms with van der Waals surface area (Å²) in [6.07, 6.45) is 7.09. The van der Waals surface area contributed by atoms with Gasteiger partial charge in [0, 0.05) is 23.0 Å². The van der Waals surface area contributed by atoms with Crippen LogP contribution in [0.25, 0.3) is 0 Å². The predicted octanol–water partition coefficient (Wildman–Crippen LogP) is 4.06. The van der Waals surface area contributed by atoms with Crippen LogP contribution < -0.4 is 10.1 Å². The van der Waals surface area contributed by atoms with Gasteiger partial charge in [0.25, 0.3) is 5.91 Å². The molecule has 0 bridgehead atoms. The minimum Gasteiger partial charge on any atom is -0.497 e. The first-order valence-corrected chi connectivity index (χ1v) is 14.3. The molecule has 1 atom stereocenters. The van der Waals surface area contributed by atoms with E-state index in [-0.39, 0.29) is 24.6 Å². The summed E-state index contributed by atoms with van der Waals surface area (Å²) in [6, 6.07) is 9.19. The number of rotatable bonds is 6. The molecule has 2 aromatic rings. The highest BCUT2D eigenvalue weighted by atomic mass is 32.3. The SMILES string of the molecule is COc1ccc2c(c1)CCN(C(=O)[C@H]1C[C@@H](C(=O)O)C1)C2C(=O)Nc1ccc(S(C)(C)C)c(F)c1. The third kappa shape index (κ3) is 5.00. The Morgan fingerprint density at radius 3 is 2.40 bits per heavy atom. The van der Waals surface area contributed by atoms with Crippen LogP contribution in [-0.2, 0) is 20.8 Å². The number of carboxylic acids is 1. The Bertz CT molecular complexity index is 1170. The lowest BCUT2D eigenvalue weighted by Crippen LogP contribution is -2.50. The van der Waals surface area contributed by atoms with E-state index in [4.69, 9.17) is 4.74 Å². The van der Waals surface area contributed by atoms with Gasteiger partial charge in [-0.25, -0.2) is 14.4 Å². The molecular weight excluding hydrogens is 471 g/mol. The number of nitrogens with one attached hydrogen (secondary N) is 1. The van der Waals surface area contributed by atoms with E-state index < -0.39 is 39.8 Å². The topological polar surface area (TPSA) is 95.9 Å². The lowest BCUT2D eigenvalue weighted by atomic mass is 9.73. The Hall–Kier alpha value is -3.07. The largest absolute Gasteiger partial charge is 0.497 e. The molecule has 2 aromatic carbocycles. The number of hydrogen-bond donors (Lipinski definition) is 2. The van der Waals surface area contributed by atoms with Gasteiger partial charge in [0.2, 0.25) is 5.91 Å². The summed E-state index contributed by atoms with van der Waals surface area (Å²) in [4.78, 5) is 40.2. The molecule has 9 heteroatoms. The smallest absolute Gasteiger partial charge is 0.306 e. The summed E-state index contributed by atoms with van der Waals surface area (Å²) in [5.41, 5.74) is 1.92. The third-order valence-electron chi connectivity index (χ3n) is 6.81. The van der Waals surface area contributed by atoms with Crippen LogP contribution in [-0.4, -0.2) is 60.2 Å². The van der Waals surface area contributed by atoms with Crippen LogP contribution >= 0.6 is 10.0 Å². The second kappa shape index (κ2) is 9.53. The molecule has 35 heavy (non-hydrogen) atoms. The molecule has 0 saturated heterocycles. The molecule has 2 aliphatic rings. The number of fused-ring (bicyclic) bond motifs is 1. The molecule has 188 valence electrons. The Balaban J connectivity index is 1.62. The standard InChI is InChI=1S/C26H31FN2O5S/c1-34-19-6-7-20-15(13-19)9-10-29(25(31)16-11-17(12-16)26(32)33)23(20)24(30)28-18-5-8-22(21(27)14-18)35(2,3)4/h5-8,13-14,16-17,23H,9-12H2,1-4H3,(H,28,30)(H,32,33)/t16-,17+,23?. The van der Waals surface area contributed by atoms with E-state index in [2.05, 4.69) is 5.32 Å². The van der Waals surface area contributed by atoms with Crippen LogP contribution in [0, 0.1) is 17.7 Å². The number of anilines is 1. The summed E-state index contributed by atoms with van der Waals surface area (Å²) in [7, 11) is 0.290. The van der Waals surface area contributed by atoms with Crippen molar-refractivity contribution in [3.8, 4) is 5.75 Å². The molecular formula is C26H31FN2O5S. The van der Waals surface area contributed by atoms with Crippen molar-refractivity contribution in [2.24, 2.45) is 11.8 Å². The maximum atomic E-state index is 14.8. The molecule has 2 N–H and O–H groups in total. The summed E-state index contributed by atoms with van der Waals surface area (Å²) in [5.74, 6) is -2.21. The normalized spacial score (nSPS) is 22.0. The van der Waals surface area contributed by atoms with Gasteiger partial charge < -0.3 is 20.1 Å². The first-order chi connectivity index (χ1) is 16.5. The van der Waals surface area contributed by atoms with Gasteiger partial charge in [0.15, 0.2) is 0 Å². The summed E-state index contributed by atoms with van der Waals surface area (Å²) in [5, 5.41) is 12.0. The van der Waals surface area contributed by atoms with Crippen molar-refractivity contribution in [1.29, 1.82) is 0 Å². The molecule has 1 aliphatic carbocycles. The molecule has 1 heterocycles. The van der Waals surface area contributed by atoms with Gasteiger partial charge in [0.1, 0.15) is 17.6 Å². The van der Waals surface area contributed by atoms with E-state index in [1.54, 1.807) is 31.4 Å². The average Bonchev–Trinajstić information content (AvgIpc) is 2.75. The Morgan fingerprint density at radius 2 is 1.80 bits per heavy atom. The van der Waals surface area contributed by atoms with Crippen LogP contribution in [0.15, 0.2) is 41.3 Å². The highest BCUT2D eigenvalue weighted by molar-refractivity contribution is 8.32. The summed E-state index contributed by atoms with van der Waals surface area (Å²) in [6.45, 7) is 0.325. The molecule has 0 radical (unpaired) electrons. The zero-order valence-corrected chi connectivity index (χ0v) is 21.2. The van der Waals surface area contributed by atoms with Gasteiger partial charge in [-0.3, -0.25) is 14.4 Å². The molecule has 0 spiro atoms. The van der Waals surface area contributed by atoms with Gasteiger partial charge >= 0.3 is 5.97 Å². The van der Waals surface area contributed by atoms with Crippen LogP contribution in [0.1, 0.15) is 30.0 Å². The predicted molar refractivity (Wildman–Crippen MR) is 134 cm³/mol. The van der Waals surface area contributed by atoms with Gasteiger partial charge in [-0.2, -0.15) is 0 Å². The van der Waals surface area contributed by atoms with Gasteiger partial charge in [-0.15, -0.1) is 0 Å². The van der Waals surface area contributed by atoms with E-state index >= 15 is 0 Å². The van der Waals surface area contributed by atoms with Crippen LogP contribution in [0.3, 0.4) is 0 Å². The molecule has 1 unspecified atom stereocenters. The number of methoxy groups -OCH3 is 1. The van der Waals surface area contributed by atoms with Crippen molar-refractivity contribution in [3.63, 3.8) is 0 Å². The van der Waals surface area contributed by atoms with E-state index in [0.29, 0.717) is 34.9 Å². The first kappa shape index (κ1) is 25.0.